The van der Waals surface area contributed by atoms with E-state index in [1.807, 2.05) is 12.3 Å². The minimum absolute atomic E-state index is 0.0825. The zero-order valence-corrected chi connectivity index (χ0v) is 25.1. The molecule has 0 spiro atoms. The van der Waals surface area contributed by atoms with Crippen LogP contribution in [-0.4, -0.2) is 51.4 Å². The largest absolute Gasteiger partial charge is 0.458 e. The molecule has 0 aromatic carbocycles. The third-order valence-electron chi connectivity index (χ3n) is 8.79. The first-order valence-corrected chi connectivity index (χ1v) is 14.5. The first-order valence-electron chi connectivity index (χ1n) is 13.6. The highest BCUT2D eigenvalue weighted by Gasteiger charge is 2.54. The molecule has 7 atom stereocenters. The molecular weight excluding hydrogens is 531 g/mol. The van der Waals surface area contributed by atoms with E-state index >= 15 is 0 Å². The first kappa shape index (κ1) is 33.4. The number of carbonyl (C=O) groups excluding carboxylic acids is 2. The summed E-state index contributed by atoms with van der Waals surface area (Å²) in [6, 6.07) is 0. The number of halogens is 3. The maximum atomic E-state index is 14.5. The van der Waals surface area contributed by atoms with Gasteiger partial charge in [-0.15, -0.1) is 11.3 Å². The number of aliphatic hydroxyl groups excluding tert-OH is 2. The van der Waals surface area contributed by atoms with Crippen molar-refractivity contribution in [3.63, 3.8) is 0 Å². The van der Waals surface area contributed by atoms with Crippen molar-refractivity contribution in [1.29, 1.82) is 0 Å². The summed E-state index contributed by atoms with van der Waals surface area (Å²) < 4.78 is 49.2. The minimum Gasteiger partial charge on any atom is -0.458 e. The number of thiazole rings is 1. The molecule has 0 radical (unpaired) electrons. The Morgan fingerprint density at radius 3 is 2.33 bits per heavy atom. The molecule has 2 unspecified atom stereocenters. The number of rotatable bonds is 2. The smallest absolute Gasteiger partial charge is 0.394 e. The van der Waals surface area contributed by atoms with Crippen LogP contribution in [0, 0.1) is 35.5 Å². The van der Waals surface area contributed by atoms with Gasteiger partial charge in [0, 0.05) is 11.3 Å². The Morgan fingerprint density at radius 2 is 1.79 bits per heavy atom. The fourth-order valence-electron chi connectivity index (χ4n) is 5.33. The SMILES string of the molecule is C/C(=C\c1csc(C)n1)[C@@H]1CC(C)C(C)(C(F)(F)F)CCC[C@H](C)[C@H](O)[C@@H](C)C(=O)C(C)(C)[C@@H](O)CC(=O)O1. The number of hydrogen-bond donors (Lipinski definition) is 2. The topological polar surface area (TPSA) is 96.7 Å². The van der Waals surface area contributed by atoms with Gasteiger partial charge in [0.15, 0.2) is 0 Å². The van der Waals surface area contributed by atoms with Gasteiger partial charge in [-0.25, -0.2) is 4.98 Å². The van der Waals surface area contributed by atoms with Crippen molar-refractivity contribution in [2.24, 2.45) is 28.6 Å². The van der Waals surface area contributed by atoms with Gasteiger partial charge in [-0.3, -0.25) is 9.59 Å². The second-order valence-electron chi connectivity index (χ2n) is 12.2. The van der Waals surface area contributed by atoms with Gasteiger partial charge in [-0.05, 0) is 56.6 Å². The van der Waals surface area contributed by atoms with Gasteiger partial charge < -0.3 is 14.9 Å². The predicted octanol–water partition coefficient (Wildman–Crippen LogP) is 6.52. The van der Waals surface area contributed by atoms with E-state index in [0.717, 1.165) is 5.01 Å². The molecule has 2 N–H and O–H groups in total. The summed E-state index contributed by atoms with van der Waals surface area (Å²) in [6.45, 7) is 12.6. The average Bonchev–Trinajstić information content (AvgIpc) is 3.24. The van der Waals surface area contributed by atoms with Crippen LogP contribution >= 0.6 is 11.3 Å². The number of alkyl halides is 3. The molecule has 0 amide bonds. The first-order chi connectivity index (χ1) is 17.8. The fourth-order valence-corrected chi connectivity index (χ4v) is 5.90. The third-order valence-corrected chi connectivity index (χ3v) is 9.58. The van der Waals surface area contributed by atoms with Crippen molar-refractivity contribution in [3.8, 4) is 0 Å². The molecule has 1 fully saturated rings. The standard InChI is InChI=1S/C29H44F3NO5S/c1-16-10-9-11-28(8,29(30,31)32)18(3)13-22(17(2)12-21-15-39-20(5)33-21)38-24(35)14-23(34)27(6,7)26(37)19(4)25(16)36/h12,15-16,18-19,22-23,25,34,36H,9-11,13-14H2,1-8H3/b17-12+/t16-,18?,19+,22-,23-,25-,28?/m0/s1. The van der Waals surface area contributed by atoms with E-state index in [-0.39, 0.29) is 19.3 Å². The van der Waals surface area contributed by atoms with Crippen LogP contribution in [0.15, 0.2) is 11.0 Å². The lowest BCUT2D eigenvalue weighted by molar-refractivity contribution is -0.240. The Balaban J connectivity index is 2.51. The van der Waals surface area contributed by atoms with Crippen LogP contribution in [0.4, 0.5) is 13.2 Å². The maximum Gasteiger partial charge on any atom is 0.394 e. The van der Waals surface area contributed by atoms with Crippen LogP contribution < -0.4 is 0 Å². The molecule has 1 saturated heterocycles. The van der Waals surface area contributed by atoms with Crippen molar-refractivity contribution in [2.45, 2.75) is 112 Å². The Morgan fingerprint density at radius 1 is 1.18 bits per heavy atom. The molecule has 1 aromatic heterocycles. The Bertz CT molecular complexity index is 1040. The summed E-state index contributed by atoms with van der Waals surface area (Å²) in [5.74, 6) is -3.45. The van der Waals surface area contributed by atoms with E-state index in [9.17, 15) is 33.0 Å². The summed E-state index contributed by atoms with van der Waals surface area (Å²) in [4.78, 5) is 30.6. The number of ether oxygens (including phenoxy) is 1. The Kier molecular flexibility index (Phi) is 11.0. The number of hydrogen-bond acceptors (Lipinski definition) is 7. The Labute approximate surface area is 234 Å². The lowest BCUT2D eigenvalue weighted by Gasteiger charge is -2.40. The highest BCUT2D eigenvalue weighted by atomic mass is 32.1. The van der Waals surface area contributed by atoms with Crippen molar-refractivity contribution in [1.82, 2.24) is 4.98 Å². The number of aromatic nitrogens is 1. The van der Waals surface area contributed by atoms with Gasteiger partial charge >= 0.3 is 12.1 Å². The highest BCUT2D eigenvalue weighted by molar-refractivity contribution is 7.09. The van der Waals surface area contributed by atoms with Crippen LogP contribution in [0.1, 0.15) is 91.3 Å². The maximum absolute atomic E-state index is 14.5. The molecule has 222 valence electrons. The molecule has 1 aliphatic heterocycles. The zero-order valence-electron chi connectivity index (χ0n) is 24.3. The molecule has 39 heavy (non-hydrogen) atoms. The molecule has 10 heteroatoms. The quantitative estimate of drug-likeness (QED) is 0.390. The number of aliphatic hydroxyl groups is 2. The number of cyclic esters (lactones) is 1. The summed E-state index contributed by atoms with van der Waals surface area (Å²) in [7, 11) is 0. The third kappa shape index (κ3) is 7.91. The lowest BCUT2D eigenvalue weighted by atomic mass is 9.69. The summed E-state index contributed by atoms with van der Waals surface area (Å²) in [6.07, 6.45) is -6.55. The van der Waals surface area contributed by atoms with Crippen molar-refractivity contribution in [2.75, 3.05) is 0 Å². The molecule has 2 heterocycles. The monoisotopic (exact) mass is 575 g/mol. The normalized spacial score (nSPS) is 34.5. The average molecular weight is 576 g/mol. The van der Waals surface area contributed by atoms with E-state index in [2.05, 4.69) is 4.98 Å². The molecular formula is C29H44F3NO5S. The van der Waals surface area contributed by atoms with Crippen LogP contribution in [0.5, 0.6) is 0 Å². The van der Waals surface area contributed by atoms with Gasteiger partial charge in [0.05, 0.1) is 40.2 Å². The zero-order chi connectivity index (χ0) is 29.9. The molecule has 0 saturated carbocycles. The van der Waals surface area contributed by atoms with E-state index in [1.165, 1.54) is 39.0 Å². The van der Waals surface area contributed by atoms with Gasteiger partial charge in [-0.2, -0.15) is 13.2 Å². The summed E-state index contributed by atoms with van der Waals surface area (Å²) >= 11 is 1.43. The van der Waals surface area contributed by atoms with Crippen molar-refractivity contribution in [3.05, 3.63) is 21.7 Å². The number of ketones is 1. The number of carbonyl (C=O) groups is 2. The fraction of sp³-hybridized carbons (Fsp3) is 0.759. The number of nitrogens with zero attached hydrogens (tertiary/aromatic N) is 1. The van der Waals surface area contributed by atoms with Gasteiger partial charge in [-0.1, -0.05) is 48.0 Å². The van der Waals surface area contributed by atoms with Crippen molar-refractivity contribution >= 4 is 29.2 Å². The molecule has 0 bridgehead atoms. The van der Waals surface area contributed by atoms with E-state index in [0.29, 0.717) is 17.7 Å². The van der Waals surface area contributed by atoms with Gasteiger partial charge in [0.25, 0.3) is 0 Å². The second-order valence-corrected chi connectivity index (χ2v) is 13.2. The number of aryl methyl sites for hydroxylation is 1. The summed E-state index contributed by atoms with van der Waals surface area (Å²) in [5, 5.41) is 24.4. The molecule has 2 rings (SSSR count). The summed E-state index contributed by atoms with van der Waals surface area (Å²) in [5.41, 5.74) is -2.25. The second kappa shape index (κ2) is 12.8. The van der Waals surface area contributed by atoms with Gasteiger partial charge in [0.2, 0.25) is 0 Å². The van der Waals surface area contributed by atoms with E-state index < -0.39 is 71.2 Å². The van der Waals surface area contributed by atoms with Crippen molar-refractivity contribution < 1.29 is 37.7 Å². The van der Waals surface area contributed by atoms with Crippen LogP contribution in [-0.2, 0) is 14.3 Å². The molecule has 1 aliphatic rings. The predicted molar refractivity (Wildman–Crippen MR) is 146 cm³/mol. The number of Topliss-reactive ketones (excluding diaryl/α,β-unsaturated/α-hetero) is 1. The highest BCUT2D eigenvalue weighted by Crippen LogP contribution is 2.50. The molecule has 0 aliphatic carbocycles. The van der Waals surface area contributed by atoms with Crippen LogP contribution in [0.25, 0.3) is 6.08 Å². The number of esters is 1. The molecule has 6 nitrogen and oxygen atoms in total. The van der Waals surface area contributed by atoms with Crippen LogP contribution in [0.2, 0.25) is 0 Å². The van der Waals surface area contributed by atoms with Crippen LogP contribution in [0.3, 0.4) is 0 Å². The van der Waals surface area contributed by atoms with E-state index in [1.54, 1.807) is 26.8 Å². The minimum atomic E-state index is -4.51. The Hall–Kier alpha value is -1.78. The van der Waals surface area contributed by atoms with Gasteiger partial charge in [0.1, 0.15) is 11.9 Å². The molecule has 1 aromatic rings. The lowest BCUT2D eigenvalue weighted by Crippen LogP contribution is -2.46. The van der Waals surface area contributed by atoms with E-state index in [4.69, 9.17) is 4.74 Å².